The molecule has 1 heterocycles. The van der Waals surface area contributed by atoms with E-state index in [1.807, 2.05) is 42.7 Å². The van der Waals surface area contributed by atoms with Gasteiger partial charge in [0.2, 0.25) is 5.91 Å². The van der Waals surface area contributed by atoms with E-state index in [1.54, 1.807) is 6.33 Å². The van der Waals surface area contributed by atoms with Gasteiger partial charge in [-0.2, -0.15) is 0 Å². The predicted octanol–water partition coefficient (Wildman–Crippen LogP) is 1.28. The number of nitrogens with two attached hydrogens (primary N) is 1. The molecule has 2 rings (SSSR count). The second-order valence-electron chi connectivity index (χ2n) is 5.31. The van der Waals surface area contributed by atoms with E-state index in [4.69, 9.17) is 5.73 Å². The van der Waals surface area contributed by atoms with Crippen molar-refractivity contribution in [1.82, 2.24) is 14.9 Å². The summed E-state index contributed by atoms with van der Waals surface area (Å²) in [6.45, 7) is 4.87. The zero-order valence-corrected chi connectivity index (χ0v) is 11.4. The van der Waals surface area contributed by atoms with Crippen LogP contribution in [0.5, 0.6) is 0 Å². The van der Waals surface area contributed by atoms with Crippen LogP contribution in [0.3, 0.4) is 0 Å². The average Bonchev–Trinajstić information content (AvgIpc) is 2.79. The van der Waals surface area contributed by atoms with Crippen LogP contribution >= 0.6 is 0 Å². The number of hydrogen-bond donors (Lipinski definition) is 2. The van der Waals surface area contributed by atoms with Crippen molar-refractivity contribution in [3.8, 4) is 0 Å². The van der Waals surface area contributed by atoms with Crippen LogP contribution in [0.25, 0.3) is 11.0 Å². The molecule has 0 radical (unpaired) electrons. The Labute approximate surface area is 112 Å². The van der Waals surface area contributed by atoms with E-state index < -0.39 is 0 Å². The summed E-state index contributed by atoms with van der Waals surface area (Å²) in [5.74, 6) is 0.00762. The van der Waals surface area contributed by atoms with Crippen LogP contribution in [-0.2, 0) is 11.3 Å². The Kier molecular flexibility index (Phi) is 3.85. The smallest absolute Gasteiger partial charge is 0.222 e. The quantitative estimate of drug-likeness (QED) is 0.850. The number of imidazole rings is 1. The Morgan fingerprint density at radius 3 is 2.89 bits per heavy atom. The Morgan fingerprint density at radius 1 is 1.42 bits per heavy atom. The summed E-state index contributed by atoms with van der Waals surface area (Å²) in [7, 11) is 0. The van der Waals surface area contributed by atoms with Crippen molar-refractivity contribution >= 4 is 16.9 Å². The lowest BCUT2D eigenvalue weighted by Gasteiger charge is -2.24. The first kappa shape index (κ1) is 13.5. The van der Waals surface area contributed by atoms with Gasteiger partial charge in [0.25, 0.3) is 0 Å². The molecular weight excluding hydrogens is 240 g/mol. The summed E-state index contributed by atoms with van der Waals surface area (Å²) in [4.78, 5) is 16.1. The molecule has 0 bridgehead atoms. The molecule has 0 spiro atoms. The maximum atomic E-state index is 11.8. The minimum Gasteiger partial charge on any atom is -0.350 e. The highest BCUT2D eigenvalue weighted by atomic mass is 16.1. The summed E-state index contributed by atoms with van der Waals surface area (Å²) < 4.78 is 1.99. The molecule has 5 nitrogen and oxygen atoms in total. The number of fused-ring (bicyclic) bond motifs is 1. The lowest BCUT2D eigenvalue weighted by molar-refractivity contribution is -0.122. The fourth-order valence-corrected chi connectivity index (χ4v) is 1.90. The van der Waals surface area contributed by atoms with Crippen molar-refractivity contribution in [2.75, 3.05) is 6.54 Å². The van der Waals surface area contributed by atoms with E-state index >= 15 is 0 Å². The highest BCUT2D eigenvalue weighted by Crippen LogP contribution is 2.12. The molecule has 19 heavy (non-hydrogen) atoms. The Bertz CT molecular complexity index is 574. The Balaban J connectivity index is 1.97. The molecule has 0 aliphatic carbocycles. The number of carbonyl (C=O) groups excluding carboxylic acids is 1. The molecule has 0 aliphatic heterocycles. The van der Waals surface area contributed by atoms with Crippen LogP contribution in [0.15, 0.2) is 30.6 Å². The molecule has 0 aliphatic rings. The minimum atomic E-state index is -0.353. The third-order valence-corrected chi connectivity index (χ3v) is 3.10. The third-order valence-electron chi connectivity index (χ3n) is 3.10. The van der Waals surface area contributed by atoms with E-state index in [9.17, 15) is 4.79 Å². The fourth-order valence-electron chi connectivity index (χ4n) is 1.90. The van der Waals surface area contributed by atoms with E-state index in [-0.39, 0.29) is 11.4 Å². The van der Waals surface area contributed by atoms with Gasteiger partial charge in [0, 0.05) is 25.0 Å². The monoisotopic (exact) mass is 260 g/mol. The van der Waals surface area contributed by atoms with Gasteiger partial charge in [-0.15, -0.1) is 0 Å². The van der Waals surface area contributed by atoms with Crippen LogP contribution in [0.1, 0.15) is 20.3 Å². The number of nitrogens with zero attached hydrogens (tertiary/aromatic N) is 2. The number of hydrogen-bond acceptors (Lipinski definition) is 3. The van der Waals surface area contributed by atoms with Crippen LogP contribution in [-0.4, -0.2) is 27.5 Å². The second kappa shape index (κ2) is 5.40. The van der Waals surface area contributed by atoms with Crippen LogP contribution < -0.4 is 11.1 Å². The lowest BCUT2D eigenvalue weighted by Crippen LogP contribution is -2.49. The van der Waals surface area contributed by atoms with Crippen molar-refractivity contribution in [1.29, 1.82) is 0 Å². The molecule has 0 fully saturated rings. The fraction of sp³-hybridized carbons (Fsp3) is 0.429. The first-order valence-electron chi connectivity index (χ1n) is 6.43. The molecule has 0 saturated carbocycles. The van der Waals surface area contributed by atoms with E-state index in [2.05, 4.69) is 10.3 Å². The van der Waals surface area contributed by atoms with Gasteiger partial charge in [0.15, 0.2) is 0 Å². The molecule has 3 N–H and O–H groups in total. The number of amides is 1. The van der Waals surface area contributed by atoms with E-state index in [1.165, 1.54) is 0 Å². The highest BCUT2D eigenvalue weighted by Gasteiger charge is 2.17. The number of aromatic nitrogens is 2. The first-order valence-corrected chi connectivity index (χ1v) is 6.43. The van der Waals surface area contributed by atoms with Crippen molar-refractivity contribution in [3.63, 3.8) is 0 Å². The predicted molar refractivity (Wildman–Crippen MR) is 75.6 cm³/mol. The number of nitrogens with one attached hydrogen (secondary N) is 1. The maximum absolute atomic E-state index is 11.8. The largest absolute Gasteiger partial charge is 0.350 e. The summed E-state index contributed by atoms with van der Waals surface area (Å²) in [6, 6.07) is 7.89. The van der Waals surface area contributed by atoms with Crippen molar-refractivity contribution in [2.24, 2.45) is 5.73 Å². The molecule has 0 atom stereocenters. The van der Waals surface area contributed by atoms with Gasteiger partial charge < -0.3 is 15.6 Å². The summed E-state index contributed by atoms with van der Waals surface area (Å²) >= 11 is 0. The number of benzene rings is 1. The van der Waals surface area contributed by atoms with Gasteiger partial charge in [-0.1, -0.05) is 12.1 Å². The van der Waals surface area contributed by atoms with Crippen molar-refractivity contribution in [3.05, 3.63) is 30.6 Å². The average molecular weight is 260 g/mol. The van der Waals surface area contributed by atoms with Gasteiger partial charge in [0.1, 0.15) is 0 Å². The third kappa shape index (κ3) is 3.32. The van der Waals surface area contributed by atoms with Crippen molar-refractivity contribution < 1.29 is 4.79 Å². The number of carbonyl (C=O) groups is 1. The first-order chi connectivity index (χ1) is 9.02. The molecule has 0 unspecified atom stereocenters. The summed E-state index contributed by atoms with van der Waals surface area (Å²) in [6.07, 6.45) is 2.19. The maximum Gasteiger partial charge on any atom is 0.222 e. The SMILES string of the molecule is CC(C)(CN)NC(=O)CCn1cnc2ccccc21. The topological polar surface area (TPSA) is 72.9 Å². The Morgan fingerprint density at radius 2 is 2.16 bits per heavy atom. The second-order valence-corrected chi connectivity index (χ2v) is 5.31. The molecule has 5 heteroatoms. The van der Waals surface area contributed by atoms with Crippen LogP contribution in [0, 0.1) is 0 Å². The molecule has 2 aromatic rings. The van der Waals surface area contributed by atoms with Gasteiger partial charge in [-0.25, -0.2) is 4.98 Å². The number of para-hydroxylation sites is 2. The standard InChI is InChI=1S/C14H20N4O/c1-14(2,9-15)17-13(19)7-8-18-10-16-11-5-3-4-6-12(11)18/h3-6,10H,7-9,15H2,1-2H3,(H,17,19). The van der Waals surface area contributed by atoms with Gasteiger partial charge in [0.05, 0.1) is 17.4 Å². The molecule has 102 valence electrons. The van der Waals surface area contributed by atoms with Gasteiger partial charge >= 0.3 is 0 Å². The van der Waals surface area contributed by atoms with E-state index in [0.717, 1.165) is 11.0 Å². The molecular formula is C14H20N4O. The number of rotatable bonds is 5. The molecule has 1 amide bonds. The summed E-state index contributed by atoms with van der Waals surface area (Å²) in [5.41, 5.74) is 7.24. The Hall–Kier alpha value is -1.88. The highest BCUT2D eigenvalue weighted by molar-refractivity contribution is 5.78. The van der Waals surface area contributed by atoms with Crippen LogP contribution in [0.4, 0.5) is 0 Å². The molecule has 0 saturated heterocycles. The number of aryl methyl sites for hydroxylation is 1. The zero-order chi connectivity index (χ0) is 13.9. The summed E-state index contributed by atoms with van der Waals surface area (Å²) in [5, 5.41) is 2.92. The van der Waals surface area contributed by atoms with Crippen LogP contribution in [0.2, 0.25) is 0 Å². The van der Waals surface area contributed by atoms with Gasteiger partial charge in [-0.3, -0.25) is 4.79 Å². The lowest BCUT2D eigenvalue weighted by atomic mass is 10.1. The normalized spacial score (nSPS) is 11.7. The molecule has 1 aromatic carbocycles. The molecule has 1 aromatic heterocycles. The van der Waals surface area contributed by atoms with E-state index in [0.29, 0.717) is 19.5 Å². The minimum absolute atomic E-state index is 0.00762. The van der Waals surface area contributed by atoms with Gasteiger partial charge in [-0.05, 0) is 26.0 Å². The van der Waals surface area contributed by atoms with Crippen molar-refractivity contribution in [2.45, 2.75) is 32.4 Å². The zero-order valence-electron chi connectivity index (χ0n) is 11.4.